The lowest BCUT2D eigenvalue weighted by molar-refractivity contribution is -0.144. The van der Waals surface area contributed by atoms with E-state index < -0.39 is 11.9 Å². The lowest BCUT2D eigenvalue weighted by Gasteiger charge is -2.27. The number of carbonyl (C=O) groups excluding carboxylic acids is 2. The van der Waals surface area contributed by atoms with Gasteiger partial charge in [0.15, 0.2) is 0 Å². The predicted octanol–water partition coefficient (Wildman–Crippen LogP) is 1.67. The number of anilines is 1. The minimum atomic E-state index is -0.889. The minimum Gasteiger partial charge on any atom is -0.481 e. The Morgan fingerprint density at radius 3 is 2.50 bits per heavy atom. The van der Waals surface area contributed by atoms with Crippen LogP contribution in [0.25, 0.3) is 0 Å². The number of carbonyl (C=O) groups is 3. The monoisotopic (exact) mass is 360 g/mol. The molecule has 2 heterocycles. The summed E-state index contributed by atoms with van der Waals surface area (Å²) in [4.78, 5) is 37.4. The van der Waals surface area contributed by atoms with Crippen molar-refractivity contribution in [1.82, 2.24) is 5.32 Å². The van der Waals surface area contributed by atoms with Gasteiger partial charge in [0.2, 0.25) is 5.91 Å². The first kappa shape index (κ1) is 18.4. The van der Waals surface area contributed by atoms with Gasteiger partial charge in [-0.3, -0.25) is 14.4 Å². The van der Waals surface area contributed by atoms with Crippen molar-refractivity contribution in [3.8, 4) is 0 Å². The van der Waals surface area contributed by atoms with Crippen molar-refractivity contribution in [2.75, 3.05) is 31.2 Å². The number of ether oxygens (including phenoxy) is 1. The fourth-order valence-corrected chi connectivity index (χ4v) is 3.59. The SMILES string of the molecule is O=C(NCC(C(=O)O)C1CCOCC1)c1ccc(N2CCCC2=O)cc1. The van der Waals surface area contributed by atoms with Crippen LogP contribution in [0.5, 0.6) is 0 Å². The van der Waals surface area contributed by atoms with Crippen molar-refractivity contribution < 1.29 is 24.2 Å². The number of benzene rings is 1. The fraction of sp³-hybridized carbons (Fsp3) is 0.526. The van der Waals surface area contributed by atoms with Gasteiger partial charge >= 0.3 is 5.97 Å². The Labute approximate surface area is 152 Å². The zero-order valence-corrected chi connectivity index (χ0v) is 14.6. The zero-order valence-electron chi connectivity index (χ0n) is 14.6. The molecule has 1 aromatic carbocycles. The molecule has 2 fully saturated rings. The molecular formula is C19H24N2O5. The predicted molar refractivity (Wildman–Crippen MR) is 95.0 cm³/mol. The maximum Gasteiger partial charge on any atom is 0.308 e. The Bertz CT molecular complexity index is 667. The van der Waals surface area contributed by atoms with Crippen LogP contribution >= 0.6 is 0 Å². The molecule has 0 spiro atoms. The molecule has 2 aliphatic rings. The average molecular weight is 360 g/mol. The summed E-state index contributed by atoms with van der Waals surface area (Å²) in [7, 11) is 0. The van der Waals surface area contributed by atoms with Crippen molar-refractivity contribution in [1.29, 1.82) is 0 Å². The van der Waals surface area contributed by atoms with Gasteiger partial charge in [-0.05, 0) is 49.4 Å². The van der Waals surface area contributed by atoms with E-state index >= 15 is 0 Å². The van der Waals surface area contributed by atoms with E-state index in [9.17, 15) is 19.5 Å². The minimum absolute atomic E-state index is 0.0186. The number of nitrogens with zero attached hydrogens (tertiary/aromatic N) is 1. The Morgan fingerprint density at radius 1 is 1.23 bits per heavy atom. The van der Waals surface area contributed by atoms with Crippen molar-refractivity contribution in [3.05, 3.63) is 29.8 Å². The Hall–Kier alpha value is -2.41. The molecule has 0 bridgehead atoms. The zero-order chi connectivity index (χ0) is 18.5. The van der Waals surface area contributed by atoms with E-state index in [1.165, 1.54) is 0 Å². The third-order valence-corrected chi connectivity index (χ3v) is 5.15. The van der Waals surface area contributed by atoms with Crippen molar-refractivity contribution in [2.45, 2.75) is 25.7 Å². The van der Waals surface area contributed by atoms with Crippen LogP contribution in [0, 0.1) is 11.8 Å². The Morgan fingerprint density at radius 2 is 1.92 bits per heavy atom. The van der Waals surface area contributed by atoms with Gasteiger partial charge in [-0.1, -0.05) is 0 Å². The van der Waals surface area contributed by atoms with Gasteiger partial charge in [0.1, 0.15) is 0 Å². The van der Waals surface area contributed by atoms with Crippen molar-refractivity contribution in [2.24, 2.45) is 11.8 Å². The smallest absolute Gasteiger partial charge is 0.308 e. The maximum absolute atomic E-state index is 12.3. The summed E-state index contributed by atoms with van der Waals surface area (Å²) in [5, 5.41) is 12.2. The number of nitrogens with one attached hydrogen (secondary N) is 1. The Balaban J connectivity index is 1.58. The van der Waals surface area contributed by atoms with Gasteiger partial charge in [0.25, 0.3) is 5.91 Å². The van der Waals surface area contributed by atoms with E-state index in [2.05, 4.69) is 5.32 Å². The van der Waals surface area contributed by atoms with Gasteiger partial charge in [0.05, 0.1) is 5.92 Å². The number of hydrogen-bond acceptors (Lipinski definition) is 4. The van der Waals surface area contributed by atoms with Crippen LogP contribution in [0.2, 0.25) is 0 Å². The molecule has 7 heteroatoms. The third kappa shape index (κ3) is 4.22. The van der Waals surface area contributed by atoms with Crippen LogP contribution in [-0.4, -0.2) is 49.2 Å². The highest BCUT2D eigenvalue weighted by atomic mass is 16.5. The quantitative estimate of drug-likeness (QED) is 0.804. The molecule has 1 aromatic rings. The van der Waals surface area contributed by atoms with Gasteiger partial charge in [0, 0.05) is 44.0 Å². The van der Waals surface area contributed by atoms with E-state index in [4.69, 9.17) is 4.74 Å². The number of carboxylic acid groups (broad SMARTS) is 1. The molecule has 26 heavy (non-hydrogen) atoms. The summed E-state index contributed by atoms with van der Waals surface area (Å²) in [6.07, 6.45) is 2.81. The maximum atomic E-state index is 12.3. The number of rotatable bonds is 6. The highest BCUT2D eigenvalue weighted by Crippen LogP contribution is 2.24. The summed E-state index contributed by atoms with van der Waals surface area (Å²) < 4.78 is 5.28. The van der Waals surface area contributed by atoms with Crippen molar-refractivity contribution in [3.63, 3.8) is 0 Å². The molecule has 0 aliphatic carbocycles. The molecule has 2 N–H and O–H groups in total. The summed E-state index contributed by atoms with van der Waals surface area (Å²) in [5.74, 6) is -1.68. The van der Waals surface area contributed by atoms with E-state index in [0.29, 0.717) is 44.6 Å². The van der Waals surface area contributed by atoms with E-state index in [0.717, 1.165) is 12.1 Å². The van der Waals surface area contributed by atoms with Crippen LogP contribution in [0.4, 0.5) is 5.69 Å². The molecule has 0 radical (unpaired) electrons. The first-order chi connectivity index (χ1) is 12.6. The van der Waals surface area contributed by atoms with Gasteiger partial charge in [-0.2, -0.15) is 0 Å². The average Bonchev–Trinajstić information content (AvgIpc) is 3.08. The number of hydrogen-bond donors (Lipinski definition) is 2. The normalized spacial score (nSPS) is 19.4. The molecule has 140 valence electrons. The molecule has 0 aromatic heterocycles. The lowest BCUT2D eigenvalue weighted by Crippen LogP contribution is -2.39. The van der Waals surface area contributed by atoms with E-state index in [1.54, 1.807) is 29.2 Å². The highest BCUT2D eigenvalue weighted by Gasteiger charge is 2.30. The van der Waals surface area contributed by atoms with E-state index in [1.807, 2.05) is 0 Å². The fourth-order valence-electron chi connectivity index (χ4n) is 3.59. The second-order valence-corrected chi connectivity index (χ2v) is 6.80. The standard InChI is InChI=1S/C19H24N2O5/c22-17-2-1-9-21(17)15-5-3-14(4-6-15)18(23)20-12-16(19(24)25)13-7-10-26-11-8-13/h3-6,13,16H,1-2,7-12H2,(H,20,23)(H,24,25). The summed E-state index contributed by atoms with van der Waals surface area (Å²) >= 11 is 0. The second-order valence-electron chi connectivity index (χ2n) is 6.80. The van der Waals surface area contributed by atoms with Crippen LogP contribution in [0.15, 0.2) is 24.3 Å². The van der Waals surface area contributed by atoms with Gasteiger partial charge in [-0.15, -0.1) is 0 Å². The van der Waals surface area contributed by atoms with Crippen LogP contribution in [-0.2, 0) is 14.3 Å². The number of amides is 2. The van der Waals surface area contributed by atoms with Crippen LogP contribution < -0.4 is 10.2 Å². The molecule has 1 atom stereocenters. The van der Waals surface area contributed by atoms with Gasteiger partial charge < -0.3 is 20.1 Å². The third-order valence-electron chi connectivity index (χ3n) is 5.15. The van der Waals surface area contributed by atoms with Crippen LogP contribution in [0.3, 0.4) is 0 Å². The molecule has 3 rings (SSSR count). The van der Waals surface area contributed by atoms with Crippen molar-refractivity contribution >= 4 is 23.5 Å². The molecule has 7 nitrogen and oxygen atoms in total. The number of aliphatic carboxylic acids is 1. The summed E-state index contributed by atoms with van der Waals surface area (Å²) in [6.45, 7) is 1.94. The molecule has 0 saturated carbocycles. The number of carboxylic acids is 1. The largest absolute Gasteiger partial charge is 0.481 e. The molecular weight excluding hydrogens is 336 g/mol. The first-order valence-electron chi connectivity index (χ1n) is 9.05. The molecule has 2 aliphatic heterocycles. The lowest BCUT2D eigenvalue weighted by atomic mass is 9.86. The highest BCUT2D eigenvalue weighted by molar-refractivity contribution is 5.97. The van der Waals surface area contributed by atoms with Gasteiger partial charge in [-0.25, -0.2) is 0 Å². The summed E-state index contributed by atoms with van der Waals surface area (Å²) in [5.41, 5.74) is 1.24. The topological polar surface area (TPSA) is 95.9 Å². The molecule has 2 amide bonds. The summed E-state index contributed by atoms with van der Waals surface area (Å²) in [6, 6.07) is 6.84. The Kier molecular flexibility index (Phi) is 5.88. The molecule has 1 unspecified atom stereocenters. The molecule has 2 saturated heterocycles. The first-order valence-corrected chi connectivity index (χ1v) is 9.05. The second kappa shape index (κ2) is 8.31. The van der Waals surface area contributed by atoms with E-state index in [-0.39, 0.29) is 24.3 Å². The van der Waals surface area contributed by atoms with Crippen LogP contribution in [0.1, 0.15) is 36.0 Å².